The third-order valence-electron chi connectivity index (χ3n) is 4.93. The molecule has 0 saturated heterocycles. The van der Waals surface area contributed by atoms with Crippen LogP contribution in [-0.4, -0.2) is 50.5 Å². The van der Waals surface area contributed by atoms with Gasteiger partial charge in [0.15, 0.2) is 0 Å². The molecule has 33 heavy (non-hydrogen) atoms. The predicted molar refractivity (Wildman–Crippen MR) is 128 cm³/mol. The lowest BCUT2D eigenvalue weighted by Crippen LogP contribution is -2.52. The summed E-state index contributed by atoms with van der Waals surface area (Å²) in [6.45, 7) is 2.96. The average Bonchev–Trinajstić information content (AvgIpc) is 2.74. The molecule has 1 atom stereocenters. The van der Waals surface area contributed by atoms with Crippen molar-refractivity contribution in [3.8, 4) is 0 Å². The van der Waals surface area contributed by atoms with Gasteiger partial charge in [0.25, 0.3) is 0 Å². The summed E-state index contributed by atoms with van der Waals surface area (Å²) in [4.78, 5) is 27.4. The van der Waals surface area contributed by atoms with Crippen LogP contribution >= 0.6 is 23.2 Å². The Morgan fingerprint density at radius 1 is 1.06 bits per heavy atom. The van der Waals surface area contributed by atoms with E-state index in [1.54, 1.807) is 32.0 Å². The van der Waals surface area contributed by atoms with Crippen LogP contribution in [0.15, 0.2) is 42.5 Å². The molecule has 0 bridgehead atoms. The van der Waals surface area contributed by atoms with Crippen LogP contribution in [0.5, 0.6) is 0 Å². The van der Waals surface area contributed by atoms with E-state index in [2.05, 4.69) is 5.32 Å². The van der Waals surface area contributed by atoms with Crippen LogP contribution in [0.1, 0.15) is 25.8 Å². The number of hydrogen-bond donors (Lipinski definition) is 1. The first-order valence-electron chi connectivity index (χ1n) is 10.2. The van der Waals surface area contributed by atoms with E-state index in [-0.39, 0.29) is 18.7 Å². The number of hydrogen-bond acceptors (Lipinski definition) is 4. The minimum atomic E-state index is -4.03. The molecule has 2 aromatic carbocycles. The molecule has 0 unspecified atom stereocenters. The minimum absolute atomic E-state index is 0.137. The van der Waals surface area contributed by atoms with Gasteiger partial charge >= 0.3 is 0 Å². The molecule has 0 fully saturated rings. The summed E-state index contributed by atoms with van der Waals surface area (Å²) < 4.78 is 40.0. The number of carbonyl (C=O) groups is 2. The van der Waals surface area contributed by atoms with Crippen LogP contribution in [0, 0.1) is 5.82 Å². The number of rotatable bonds is 10. The van der Waals surface area contributed by atoms with Crippen molar-refractivity contribution < 1.29 is 22.4 Å². The molecule has 0 aliphatic carbocycles. The molecule has 0 heterocycles. The molecular formula is C22H26Cl2FN3O4S. The number of benzene rings is 2. The normalized spacial score (nSPS) is 12.2. The maximum absolute atomic E-state index is 14.4. The Bertz CT molecular complexity index is 1090. The number of para-hydroxylation sites is 1. The number of nitrogens with zero attached hydrogens (tertiary/aromatic N) is 2. The lowest BCUT2D eigenvalue weighted by Gasteiger charge is -2.33. The summed E-state index contributed by atoms with van der Waals surface area (Å²) in [6.07, 6.45) is 1.13. The van der Waals surface area contributed by atoms with Crippen molar-refractivity contribution >= 4 is 50.7 Å². The lowest BCUT2D eigenvalue weighted by molar-refractivity contribution is -0.140. The van der Waals surface area contributed by atoms with E-state index >= 15 is 0 Å². The molecule has 0 spiro atoms. The SMILES string of the molecule is CCNC(=O)[C@@H](CC)N(Cc1c(Cl)cccc1Cl)C(=O)CN(c1ccccc1F)S(C)(=O)=O. The second-order valence-corrected chi connectivity index (χ2v) is 9.98. The zero-order valence-corrected chi connectivity index (χ0v) is 20.8. The quantitative estimate of drug-likeness (QED) is 0.518. The average molecular weight is 518 g/mol. The molecule has 180 valence electrons. The second kappa shape index (κ2) is 11.7. The number of likely N-dealkylation sites (N-methyl/N-ethyl adjacent to an activating group) is 1. The van der Waals surface area contributed by atoms with Gasteiger partial charge < -0.3 is 10.2 Å². The molecule has 0 radical (unpaired) electrons. The maximum atomic E-state index is 14.4. The third kappa shape index (κ3) is 6.82. The Morgan fingerprint density at radius 3 is 2.18 bits per heavy atom. The number of halogens is 3. The van der Waals surface area contributed by atoms with Crippen molar-refractivity contribution in [2.24, 2.45) is 0 Å². The zero-order valence-electron chi connectivity index (χ0n) is 18.5. The largest absolute Gasteiger partial charge is 0.355 e. The van der Waals surface area contributed by atoms with Gasteiger partial charge in [0.2, 0.25) is 21.8 Å². The van der Waals surface area contributed by atoms with E-state index < -0.39 is 40.2 Å². The van der Waals surface area contributed by atoms with Crippen LogP contribution < -0.4 is 9.62 Å². The highest BCUT2D eigenvalue weighted by molar-refractivity contribution is 7.92. The second-order valence-electron chi connectivity index (χ2n) is 7.26. The zero-order chi connectivity index (χ0) is 24.8. The summed E-state index contributed by atoms with van der Waals surface area (Å²) in [6, 6.07) is 9.16. The Kier molecular flexibility index (Phi) is 9.51. The van der Waals surface area contributed by atoms with Crippen molar-refractivity contribution in [1.82, 2.24) is 10.2 Å². The van der Waals surface area contributed by atoms with Crippen LogP contribution in [0.25, 0.3) is 0 Å². The van der Waals surface area contributed by atoms with Crippen LogP contribution in [0.3, 0.4) is 0 Å². The third-order valence-corrected chi connectivity index (χ3v) is 6.76. The van der Waals surface area contributed by atoms with Gasteiger partial charge in [-0.25, -0.2) is 12.8 Å². The number of anilines is 1. The van der Waals surface area contributed by atoms with Gasteiger partial charge in [-0.05, 0) is 37.6 Å². The topological polar surface area (TPSA) is 86.8 Å². The Balaban J connectivity index is 2.51. The summed E-state index contributed by atoms with van der Waals surface area (Å²) in [5.41, 5.74) is 0.142. The Morgan fingerprint density at radius 2 is 1.67 bits per heavy atom. The first-order chi connectivity index (χ1) is 15.5. The van der Waals surface area contributed by atoms with Crippen LogP contribution in [0.2, 0.25) is 10.0 Å². The molecule has 0 saturated carbocycles. The maximum Gasteiger partial charge on any atom is 0.244 e. The van der Waals surface area contributed by atoms with E-state index in [0.717, 1.165) is 12.3 Å². The van der Waals surface area contributed by atoms with Gasteiger partial charge in [-0.3, -0.25) is 13.9 Å². The van der Waals surface area contributed by atoms with Crippen LogP contribution in [0.4, 0.5) is 10.1 Å². The molecule has 0 aliphatic rings. The Hall–Kier alpha value is -2.36. The minimum Gasteiger partial charge on any atom is -0.355 e. The summed E-state index contributed by atoms with van der Waals surface area (Å²) in [5, 5.41) is 3.26. The highest BCUT2D eigenvalue weighted by atomic mass is 35.5. The van der Waals surface area contributed by atoms with E-state index in [1.807, 2.05) is 0 Å². The smallest absolute Gasteiger partial charge is 0.244 e. The lowest BCUT2D eigenvalue weighted by atomic mass is 10.1. The molecule has 0 aromatic heterocycles. The molecule has 2 amide bonds. The van der Waals surface area contributed by atoms with Gasteiger partial charge in [-0.2, -0.15) is 0 Å². The van der Waals surface area contributed by atoms with E-state index in [4.69, 9.17) is 23.2 Å². The highest BCUT2D eigenvalue weighted by Gasteiger charge is 2.33. The van der Waals surface area contributed by atoms with E-state index in [0.29, 0.717) is 26.5 Å². The first-order valence-corrected chi connectivity index (χ1v) is 12.8. The predicted octanol–water partition coefficient (Wildman–Crippen LogP) is 3.84. The van der Waals surface area contributed by atoms with Crippen LogP contribution in [-0.2, 0) is 26.2 Å². The first kappa shape index (κ1) is 26.9. The monoisotopic (exact) mass is 517 g/mol. The van der Waals surface area contributed by atoms with Gasteiger partial charge in [-0.15, -0.1) is 0 Å². The molecule has 7 nitrogen and oxygen atoms in total. The van der Waals surface area contributed by atoms with Crippen molar-refractivity contribution in [2.75, 3.05) is 23.7 Å². The molecule has 1 N–H and O–H groups in total. The van der Waals surface area contributed by atoms with E-state index in [9.17, 15) is 22.4 Å². The fraction of sp³-hybridized carbons (Fsp3) is 0.364. The summed E-state index contributed by atoms with van der Waals surface area (Å²) in [5.74, 6) is -1.92. The van der Waals surface area contributed by atoms with Crippen molar-refractivity contribution in [3.63, 3.8) is 0 Å². The summed E-state index contributed by atoms with van der Waals surface area (Å²) in [7, 11) is -4.03. The molecular weight excluding hydrogens is 492 g/mol. The highest BCUT2D eigenvalue weighted by Crippen LogP contribution is 2.28. The number of amides is 2. The fourth-order valence-corrected chi connectivity index (χ4v) is 4.68. The van der Waals surface area contributed by atoms with Gasteiger partial charge in [0, 0.05) is 28.7 Å². The van der Waals surface area contributed by atoms with Gasteiger partial charge in [0.1, 0.15) is 18.4 Å². The number of sulfonamides is 1. The van der Waals surface area contributed by atoms with Crippen molar-refractivity contribution in [1.29, 1.82) is 0 Å². The molecule has 0 aliphatic heterocycles. The fourth-order valence-electron chi connectivity index (χ4n) is 3.31. The molecule has 11 heteroatoms. The summed E-state index contributed by atoms with van der Waals surface area (Å²) >= 11 is 12.6. The molecule has 2 rings (SSSR count). The van der Waals surface area contributed by atoms with Crippen molar-refractivity contribution in [2.45, 2.75) is 32.9 Å². The van der Waals surface area contributed by atoms with E-state index in [1.165, 1.54) is 23.1 Å². The Labute approximate surface area is 203 Å². The standard InChI is InChI=1S/C22H26Cl2FN3O4S/c1-4-19(22(30)26-5-2)27(13-15-16(23)9-8-10-17(15)24)21(29)14-28(33(3,31)32)20-12-7-6-11-18(20)25/h6-12,19H,4-5,13-14H2,1-3H3,(H,26,30)/t19-/m1/s1. The number of nitrogens with one attached hydrogen (secondary N) is 1. The van der Waals surface area contributed by atoms with Crippen molar-refractivity contribution in [3.05, 3.63) is 63.9 Å². The van der Waals surface area contributed by atoms with Gasteiger partial charge in [-0.1, -0.05) is 48.3 Å². The van der Waals surface area contributed by atoms with Gasteiger partial charge in [0.05, 0.1) is 11.9 Å². The molecule has 2 aromatic rings. The number of carbonyl (C=O) groups excluding carboxylic acids is 2.